The molecule has 1 rings (SSSR count). The van der Waals surface area contributed by atoms with Crippen LogP contribution in [0.1, 0.15) is 26.3 Å². The average molecular weight is 253 g/mol. The van der Waals surface area contributed by atoms with Crippen LogP contribution in [-0.4, -0.2) is 23.7 Å². The molecule has 2 nitrogen and oxygen atoms in total. The third-order valence-corrected chi connectivity index (χ3v) is 3.82. The highest BCUT2D eigenvalue weighted by molar-refractivity contribution is 8.00. The molecule has 0 bridgehead atoms. The topological polar surface area (TPSA) is 35.2 Å². The van der Waals surface area contributed by atoms with Crippen molar-refractivity contribution in [2.45, 2.75) is 38.0 Å². The Bertz CT molecular complexity index is 346. The highest BCUT2D eigenvalue weighted by Crippen LogP contribution is 2.24. The van der Waals surface area contributed by atoms with Gasteiger partial charge in [-0.25, -0.2) is 0 Å². The van der Waals surface area contributed by atoms with Gasteiger partial charge in [0.2, 0.25) is 0 Å². The summed E-state index contributed by atoms with van der Waals surface area (Å²) in [6, 6.07) is 8.33. The maximum atomic E-state index is 6.14. The van der Waals surface area contributed by atoms with Crippen LogP contribution in [0.4, 0.5) is 0 Å². The van der Waals surface area contributed by atoms with Gasteiger partial charge in [-0.05, 0) is 24.1 Å². The van der Waals surface area contributed by atoms with Gasteiger partial charge in [-0.2, -0.15) is 11.8 Å². The second-order valence-electron chi connectivity index (χ2n) is 5.24. The van der Waals surface area contributed by atoms with Gasteiger partial charge in [0.15, 0.2) is 0 Å². The summed E-state index contributed by atoms with van der Waals surface area (Å²) >= 11 is 1.91. The maximum Gasteiger partial charge on any atom is 0.119 e. The smallest absolute Gasteiger partial charge is 0.119 e. The summed E-state index contributed by atoms with van der Waals surface area (Å²) in [6.07, 6.45) is 0.903. The first-order valence-electron chi connectivity index (χ1n) is 5.93. The molecule has 1 aromatic carbocycles. The molecule has 1 aromatic rings. The van der Waals surface area contributed by atoms with E-state index in [1.54, 1.807) is 7.11 Å². The summed E-state index contributed by atoms with van der Waals surface area (Å²) in [7, 11) is 1.69. The largest absolute Gasteiger partial charge is 0.497 e. The van der Waals surface area contributed by atoms with Gasteiger partial charge in [0.1, 0.15) is 5.75 Å². The number of methoxy groups -OCH3 is 1. The molecule has 0 fully saturated rings. The fourth-order valence-corrected chi connectivity index (χ4v) is 2.35. The average Bonchev–Trinajstić information content (AvgIpc) is 2.26. The maximum absolute atomic E-state index is 6.14. The number of nitrogens with two attached hydrogens (primary N) is 1. The third-order valence-electron chi connectivity index (χ3n) is 2.36. The van der Waals surface area contributed by atoms with Crippen LogP contribution in [0.5, 0.6) is 5.75 Å². The molecule has 1 atom stereocenters. The van der Waals surface area contributed by atoms with Gasteiger partial charge in [0.25, 0.3) is 0 Å². The fourth-order valence-electron chi connectivity index (χ4n) is 1.52. The first-order valence-corrected chi connectivity index (χ1v) is 6.92. The Hall–Kier alpha value is -0.670. The summed E-state index contributed by atoms with van der Waals surface area (Å²) in [5.41, 5.74) is 7.38. The standard InChI is InChI=1S/C14H23NOS/c1-14(2,3)17-10-12(15)8-11-6-5-7-13(9-11)16-4/h5-7,9,12H,8,10,15H2,1-4H3. The van der Waals surface area contributed by atoms with E-state index in [2.05, 4.69) is 32.9 Å². The number of ether oxygens (including phenoxy) is 1. The van der Waals surface area contributed by atoms with Crippen LogP contribution in [0.15, 0.2) is 24.3 Å². The molecule has 0 aliphatic rings. The van der Waals surface area contributed by atoms with Crippen LogP contribution in [0, 0.1) is 0 Å². The summed E-state index contributed by atoms with van der Waals surface area (Å²) < 4.78 is 5.49. The molecule has 0 saturated heterocycles. The molecule has 0 saturated carbocycles. The predicted octanol–water partition coefficient (Wildman–Crippen LogP) is 3.10. The summed E-state index contributed by atoms with van der Waals surface area (Å²) in [4.78, 5) is 0. The van der Waals surface area contributed by atoms with E-state index in [9.17, 15) is 0 Å². The van der Waals surface area contributed by atoms with Crippen molar-refractivity contribution in [2.24, 2.45) is 5.73 Å². The Balaban J connectivity index is 2.47. The number of hydrogen-bond donors (Lipinski definition) is 1. The minimum atomic E-state index is 0.200. The highest BCUT2D eigenvalue weighted by atomic mass is 32.2. The van der Waals surface area contributed by atoms with Crippen molar-refractivity contribution in [3.63, 3.8) is 0 Å². The Morgan fingerprint density at radius 3 is 2.65 bits per heavy atom. The van der Waals surface area contributed by atoms with Crippen molar-refractivity contribution in [2.75, 3.05) is 12.9 Å². The van der Waals surface area contributed by atoms with Crippen molar-refractivity contribution in [1.29, 1.82) is 0 Å². The normalized spacial score (nSPS) is 13.5. The van der Waals surface area contributed by atoms with Crippen molar-refractivity contribution in [3.05, 3.63) is 29.8 Å². The first-order chi connectivity index (χ1) is 7.90. The predicted molar refractivity (Wildman–Crippen MR) is 76.9 cm³/mol. The van der Waals surface area contributed by atoms with Crippen LogP contribution in [0.2, 0.25) is 0 Å². The molecule has 96 valence electrons. The van der Waals surface area contributed by atoms with E-state index in [1.165, 1.54) is 5.56 Å². The highest BCUT2D eigenvalue weighted by Gasteiger charge is 2.13. The van der Waals surface area contributed by atoms with Crippen molar-refractivity contribution in [3.8, 4) is 5.75 Å². The van der Waals surface area contributed by atoms with Gasteiger partial charge < -0.3 is 10.5 Å². The fraction of sp³-hybridized carbons (Fsp3) is 0.571. The van der Waals surface area contributed by atoms with Crippen LogP contribution in [0.3, 0.4) is 0 Å². The van der Waals surface area contributed by atoms with E-state index in [1.807, 2.05) is 23.9 Å². The SMILES string of the molecule is COc1cccc(CC(N)CSC(C)(C)C)c1. The minimum Gasteiger partial charge on any atom is -0.497 e. The van der Waals surface area contributed by atoms with Gasteiger partial charge in [0.05, 0.1) is 7.11 Å². The van der Waals surface area contributed by atoms with E-state index < -0.39 is 0 Å². The number of thioether (sulfide) groups is 1. The molecule has 0 heterocycles. The van der Waals surface area contributed by atoms with E-state index in [-0.39, 0.29) is 10.8 Å². The van der Waals surface area contributed by atoms with E-state index in [0.717, 1.165) is 17.9 Å². The van der Waals surface area contributed by atoms with Gasteiger partial charge in [-0.3, -0.25) is 0 Å². The molecule has 0 aromatic heterocycles. The Morgan fingerprint density at radius 1 is 1.35 bits per heavy atom. The number of hydrogen-bond acceptors (Lipinski definition) is 3. The molecule has 17 heavy (non-hydrogen) atoms. The second-order valence-corrected chi connectivity index (χ2v) is 7.09. The van der Waals surface area contributed by atoms with Crippen LogP contribution >= 0.6 is 11.8 Å². The molecule has 0 aliphatic carbocycles. The molecule has 0 aliphatic heterocycles. The lowest BCUT2D eigenvalue weighted by molar-refractivity contribution is 0.414. The Morgan fingerprint density at radius 2 is 2.06 bits per heavy atom. The van der Waals surface area contributed by atoms with Crippen LogP contribution in [-0.2, 0) is 6.42 Å². The summed E-state index contributed by atoms with van der Waals surface area (Å²) in [5, 5.41) is 0. The lowest BCUT2D eigenvalue weighted by Gasteiger charge is -2.20. The summed E-state index contributed by atoms with van der Waals surface area (Å²) in [5.74, 6) is 1.89. The number of rotatable bonds is 5. The zero-order valence-corrected chi connectivity index (χ0v) is 12.0. The number of benzene rings is 1. The van der Waals surface area contributed by atoms with Gasteiger partial charge in [-0.15, -0.1) is 0 Å². The second kappa shape index (κ2) is 6.31. The lowest BCUT2D eigenvalue weighted by Crippen LogP contribution is -2.27. The molecule has 1 unspecified atom stereocenters. The molecular formula is C14H23NOS. The van der Waals surface area contributed by atoms with E-state index >= 15 is 0 Å². The van der Waals surface area contributed by atoms with Crippen LogP contribution < -0.4 is 10.5 Å². The quantitative estimate of drug-likeness (QED) is 0.876. The molecule has 0 spiro atoms. The van der Waals surface area contributed by atoms with Crippen molar-refractivity contribution >= 4 is 11.8 Å². The summed E-state index contributed by atoms with van der Waals surface area (Å²) in [6.45, 7) is 6.65. The zero-order chi connectivity index (χ0) is 12.9. The van der Waals surface area contributed by atoms with Crippen molar-refractivity contribution in [1.82, 2.24) is 0 Å². The molecule has 2 N–H and O–H groups in total. The Labute approximate surface area is 109 Å². The molecule has 0 radical (unpaired) electrons. The van der Waals surface area contributed by atoms with E-state index in [0.29, 0.717) is 0 Å². The van der Waals surface area contributed by atoms with Gasteiger partial charge in [0, 0.05) is 16.5 Å². The van der Waals surface area contributed by atoms with E-state index in [4.69, 9.17) is 10.5 Å². The zero-order valence-electron chi connectivity index (χ0n) is 11.2. The van der Waals surface area contributed by atoms with Crippen molar-refractivity contribution < 1.29 is 4.74 Å². The molecule has 0 amide bonds. The van der Waals surface area contributed by atoms with Gasteiger partial charge >= 0.3 is 0 Å². The lowest BCUT2D eigenvalue weighted by atomic mass is 10.1. The molecule has 3 heteroatoms. The first kappa shape index (κ1) is 14.4. The third kappa shape index (κ3) is 5.99. The Kier molecular flexibility index (Phi) is 5.34. The van der Waals surface area contributed by atoms with Crippen LogP contribution in [0.25, 0.3) is 0 Å². The molecular weight excluding hydrogens is 230 g/mol. The minimum absolute atomic E-state index is 0.200. The van der Waals surface area contributed by atoms with Gasteiger partial charge in [-0.1, -0.05) is 32.9 Å². The monoisotopic (exact) mass is 253 g/mol.